The number of nitrogens with one attached hydrogen (secondary N) is 1. The van der Waals surface area contributed by atoms with Gasteiger partial charge in [0.05, 0.1) is 11.5 Å². The zero-order valence-electron chi connectivity index (χ0n) is 10.00. The van der Waals surface area contributed by atoms with E-state index in [0.29, 0.717) is 11.3 Å². The second-order valence-corrected chi connectivity index (χ2v) is 7.40. The van der Waals surface area contributed by atoms with Crippen molar-refractivity contribution in [3.63, 3.8) is 0 Å². The zero-order chi connectivity index (χ0) is 13.9. The van der Waals surface area contributed by atoms with Gasteiger partial charge in [-0.3, -0.25) is 4.79 Å². The highest BCUT2D eigenvalue weighted by molar-refractivity contribution is 7.91. The van der Waals surface area contributed by atoms with Gasteiger partial charge in [0.2, 0.25) is 0 Å². The molecule has 0 bridgehead atoms. The van der Waals surface area contributed by atoms with E-state index in [-0.39, 0.29) is 17.5 Å². The third kappa shape index (κ3) is 4.03. The largest absolute Gasteiger partial charge is 0.451 e. The number of amides is 1. The fourth-order valence-electron chi connectivity index (χ4n) is 1.78. The van der Waals surface area contributed by atoms with Crippen LogP contribution < -0.4 is 5.32 Å². The molecule has 2 rings (SSSR count). The summed E-state index contributed by atoms with van der Waals surface area (Å²) < 4.78 is 27.2. The third-order valence-corrected chi connectivity index (χ3v) is 5.27. The van der Waals surface area contributed by atoms with Crippen molar-refractivity contribution in [2.75, 3.05) is 18.1 Å². The summed E-state index contributed by atoms with van der Waals surface area (Å²) in [4.78, 5) is 23.4. The smallest absolute Gasteiger partial charge is 0.348 e. The Labute approximate surface area is 114 Å². The summed E-state index contributed by atoms with van der Waals surface area (Å²) >= 11 is 1.23. The van der Waals surface area contributed by atoms with Gasteiger partial charge in [-0.15, -0.1) is 11.3 Å². The van der Waals surface area contributed by atoms with E-state index in [1.807, 2.05) is 0 Å². The Morgan fingerprint density at radius 1 is 1.47 bits per heavy atom. The van der Waals surface area contributed by atoms with E-state index in [0.717, 1.165) is 0 Å². The normalized spacial score (nSPS) is 20.9. The number of carbonyl (C=O) groups excluding carboxylic acids is 2. The minimum atomic E-state index is -3.03. The average Bonchev–Trinajstić information content (AvgIpc) is 2.96. The van der Waals surface area contributed by atoms with E-state index in [2.05, 4.69) is 5.32 Å². The van der Waals surface area contributed by atoms with Gasteiger partial charge in [-0.1, -0.05) is 6.07 Å². The van der Waals surface area contributed by atoms with E-state index >= 15 is 0 Å². The first kappa shape index (κ1) is 14.0. The third-order valence-electron chi connectivity index (χ3n) is 2.65. The lowest BCUT2D eigenvalue weighted by atomic mass is 10.2. The fourth-order valence-corrected chi connectivity index (χ4v) is 4.06. The predicted octanol–water partition coefficient (Wildman–Crippen LogP) is 0.208. The van der Waals surface area contributed by atoms with Crippen molar-refractivity contribution in [2.24, 2.45) is 0 Å². The summed E-state index contributed by atoms with van der Waals surface area (Å²) in [7, 11) is -3.03. The van der Waals surface area contributed by atoms with Gasteiger partial charge in [0.15, 0.2) is 16.4 Å². The lowest BCUT2D eigenvalue weighted by Crippen LogP contribution is -2.38. The Kier molecular flexibility index (Phi) is 4.20. The summed E-state index contributed by atoms with van der Waals surface area (Å²) in [6, 6.07) is 2.94. The van der Waals surface area contributed by atoms with Crippen LogP contribution in [-0.4, -0.2) is 44.4 Å². The molecule has 1 atom stereocenters. The van der Waals surface area contributed by atoms with Crippen molar-refractivity contribution in [3.8, 4) is 0 Å². The molecule has 19 heavy (non-hydrogen) atoms. The van der Waals surface area contributed by atoms with Crippen LogP contribution in [0.5, 0.6) is 0 Å². The summed E-state index contributed by atoms with van der Waals surface area (Å²) in [6.45, 7) is -0.396. The highest BCUT2D eigenvalue weighted by Crippen LogP contribution is 2.12. The lowest BCUT2D eigenvalue weighted by Gasteiger charge is -2.10. The van der Waals surface area contributed by atoms with E-state index in [4.69, 9.17) is 4.74 Å². The number of esters is 1. The average molecular weight is 303 g/mol. The molecule has 8 heteroatoms. The number of rotatable bonds is 4. The summed E-state index contributed by atoms with van der Waals surface area (Å²) in [5.74, 6) is -0.985. The van der Waals surface area contributed by atoms with Gasteiger partial charge >= 0.3 is 5.97 Å². The van der Waals surface area contributed by atoms with E-state index in [1.54, 1.807) is 17.5 Å². The molecule has 1 saturated heterocycles. The molecule has 0 spiro atoms. The molecule has 6 nitrogen and oxygen atoms in total. The Bertz CT molecular complexity index is 564. The van der Waals surface area contributed by atoms with Crippen molar-refractivity contribution >= 4 is 33.1 Å². The molecule has 0 saturated carbocycles. The topological polar surface area (TPSA) is 89.5 Å². The summed E-state index contributed by atoms with van der Waals surface area (Å²) in [6.07, 6.45) is 0.410. The Balaban J connectivity index is 1.75. The monoisotopic (exact) mass is 303 g/mol. The van der Waals surface area contributed by atoms with Crippen LogP contribution in [0.15, 0.2) is 17.5 Å². The molecule has 1 aromatic rings. The molecule has 1 aromatic heterocycles. The van der Waals surface area contributed by atoms with Gasteiger partial charge in [0, 0.05) is 6.04 Å². The van der Waals surface area contributed by atoms with Gasteiger partial charge in [0.1, 0.15) is 4.88 Å². The van der Waals surface area contributed by atoms with Crippen LogP contribution in [0.25, 0.3) is 0 Å². The van der Waals surface area contributed by atoms with Crippen LogP contribution in [-0.2, 0) is 19.4 Å². The van der Waals surface area contributed by atoms with Gasteiger partial charge in [0.25, 0.3) is 5.91 Å². The first-order chi connectivity index (χ1) is 8.96. The van der Waals surface area contributed by atoms with Crippen molar-refractivity contribution in [2.45, 2.75) is 12.5 Å². The summed E-state index contributed by atoms with van der Waals surface area (Å²) in [5.41, 5.74) is 0. The number of ether oxygens (including phenoxy) is 1. The Morgan fingerprint density at radius 3 is 2.84 bits per heavy atom. The number of thiophene rings is 1. The first-order valence-corrected chi connectivity index (χ1v) is 8.37. The van der Waals surface area contributed by atoms with Crippen LogP contribution in [0.1, 0.15) is 16.1 Å². The van der Waals surface area contributed by atoms with Crippen LogP contribution in [0.2, 0.25) is 0 Å². The lowest BCUT2D eigenvalue weighted by molar-refractivity contribution is -0.124. The second kappa shape index (κ2) is 5.70. The van der Waals surface area contributed by atoms with E-state index in [1.165, 1.54) is 11.3 Å². The van der Waals surface area contributed by atoms with E-state index < -0.39 is 28.3 Å². The maximum atomic E-state index is 11.5. The van der Waals surface area contributed by atoms with E-state index in [9.17, 15) is 18.0 Å². The fraction of sp³-hybridized carbons (Fsp3) is 0.455. The van der Waals surface area contributed by atoms with Crippen molar-refractivity contribution in [1.29, 1.82) is 0 Å². The molecular formula is C11H13NO5S2. The van der Waals surface area contributed by atoms with Gasteiger partial charge < -0.3 is 10.1 Å². The molecular weight excluding hydrogens is 290 g/mol. The molecule has 0 aromatic carbocycles. The number of carbonyl (C=O) groups is 2. The molecule has 1 N–H and O–H groups in total. The molecule has 0 radical (unpaired) electrons. The molecule has 1 aliphatic heterocycles. The number of hydrogen-bond donors (Lipinski definition) is 1. The quantitative estimate of drug-likeness (QED) is 0.803. The molecule has 1 fully saturated rings. The second-order valence-electron chi connectivity index (χ2n) is 4.22. The molecule has 1 amide bonds. The maximum absolute atomic E-state index is 11.5. The van der Waals surface area contributed by atoms with Crippen molar-refractivity contribution in [1.82, 2.24) is 5.32 Å². The minimum Gasteiger partial charge on any atom is -0.451 e. The van der Waals surface area contributed by atoms with Gasteiger partial charge in [-0.05, 0) is 17.9 Å². The molecule has 0 aliphatic carbocycles. The highest BCUT2D eigenvalue weighted by atomic mass is 32.2. The van der Waals surface area contributed by atoms with Crippen molar-refractivity contribution < 1.29 is 22.7 Å². The summed E-state index contributed by atoms with van der Waals surface area (Å²) in [5, 5.41) is 4.28. The molecule has 1 unspecified atom stereocenters. The zero-order valence-corrected chi connectivity index (χ0v) is 11.6. The molecule has 1 aliphatic rings. The molecule has 2 heterocycles. The molecule has 104 valence electrons. The Morgan fingerprint density at radius 2 is 2.26 bits per heavy atom. The first-order valence-electron chi connectivity index (χ1n) is 5.67. The van der Waals surface area contributed by atoms with Crippen LogP contribution >= 0.6 is 11.3 Å². The van der Waals surface area contributed by atoms with Crippen LogP contribution in [0, 0.1) is 0 Å². The number of sulfone groups is 1. The van der Waals surface area contributed by atoms with Crippen LogP contribution in [0.3, 0.4) is 0 Å². The van der Waals surface area contributed by atoms with Gasteiger partial charge in [-0.2, -0.15) is 0 Å². The minimum absolute atomic E-state index is 0.0440. The highest BCUT2D eigenvalue weighted by Gasteiger charge is 2.29. The van der Waals surface area contributed by atoms with Gasteiger partial charge in [-0.25, -0.2) is 13.2 Å². The Hall–Kier alpha value is -1.41. The number of hydrogen-bond acceptors (Lipinski definition) is 6. The predicted molar refractivity (Wildman–Crippen MR) is 69.8 cm³/mol. The maximum Gasteiger partial charge on any atom is 0.348 e. The SMILES string of the molecule is O=C(COC(=O)c1cccs1)NC1CCS(=O)(=O)C1. The van der Waals surface area contributed by atoms with Crippen molar-refractivity contribution in [3.05, 3.63) is 22.4 Å². The standard InChI is InChI=1S/C11H13NO5S2/c13-10(12-8-3-5-19(15,16)7-8)6-17-11(14)9-2-1-4-18-9/h1-2,4,8H,3,5-7H2,(H,12,13). The van der Waals surface area contributed by atoms with Crippen LogP contribution in [0.4, 0.5) is 0 Å².